The van der Waals surface area contributed by atoms with E-state index in [1.807, 2.05) is 0 Å². The van der Waals surface area contributed by atoms with Gasteiger partial charge in [-0.05, 0) is 42.3 Å². The summed E-state index contributed by atoms with van der Waals surface area (Å²) in [6.07, 6.45) is 1.83. The summed E-state index contributed by atoms with van der Waals surface area (Å²) in [5.41, 5.74) is 1.78. The molecule has 13 nitrogen and oxygen atoms in total. The average molecular weight is 590 g/mol. The highest BCUT2D eigenvalue weighted by Gasteiger charge is 2.24. The molecule has 212 valence electrons. The maximum absolute atomic E-state index is 12.8. The van der Waals surface area contributed by atoms with Gasteiger partial charge in [0.1, 0.15) is 37.0 Å². The van der Waals surface area contributed by atoms with Crippen LogP contribution in [0.2, 0.25) is 0 Å². The second kappa shape index (κ2) is 13.0. The molecule has 0 saturated carbocycles. The number of primary sulfonamides is 1. The number of hydrogen-bond donors (Lipinski definition) is 2. The summed E-state index contributed by atoms with van der Waals surface area (Å²) < 4.78 is 40.8. The molecule has 4 rings (SSSR count). The van der Waals surface area contributed by atoms with Crippen LogP contribution >= 0.6 is 11.3 Å². The summed E-state index contributed by atoms with van der Waals surface area (Å²) >= 11 is 0.942. The van der Waals surface area contributed by atoms with Crippen LogP contribution in [0.5, 0.6) is 11.5 Å². The molecular formula is C25H27N5O8S2. The van der Waals surface area contributed by atoms with Crippen LogP contribution in [0.25, 0.3) is 10.2 Å². The van der Waals surface area contributed by atoms with E-state index < -0.39 is 21.9 Å². The number of fused-ring (bicyclic) bond motifs is 1. The van der Waals surface area contributed by atoms with E-state index in [1.165, 1.54) is 11.8 Å². The number of esters is 1. The standard InChI is InChI=1S/C25H27N5O8S2/c1-36-24(33)17(10-16-2-4-20(5-3-16)37-9-8-31)11-19(32)14-30-13-18(28-29-30)15-38-21-6-7-22-23(12-21)39-25(27-22)40(26,34)35/h2-7,12-13,17,31H,8-11,14-15H2,1H3,(H2,26,34,35)/t17-/m1/s1. The van der Waals surface area contributed by atoms with Crippen molar-refractivity contribution in [3.05, 3.63) is 59.9 Å². The summed E-state index contributed by atoms with van der Waals surface area (Å²) in [6, 6.07) is 12.0. The number of aromatic nitrogens is 4. The fourth-order valence-corrected chi connectivity index (χ4v) is 5.51. The zero-order valence-electron chi connectivity index (χ0n) is 21.4. The van der Waals surface area contributed by atoms with Gasteiger partial charge in [0, 0.05) is 6.42 Å². The number of carbonyl (C=O) groups is 2. The molecule has 0 amide bonds. The van der Waals surface area contributed by atoms with Gasteiger partial charge in [-0.25, -0.2) is 23.2 Å². The maximum atomic E-state index is 12.8. The van der Waals surface area contributed by atoms with Crippen molar-refractivity contribution in [2.75, 3.05) is 20.3 Å². The molecule has 0 unspecified atom stereocenters. The number of Topliss-reactive ketones (excluding diaryl/α,β-unsaturated/α-hetero) is 1. The van der Waals surface area contributed by atoms with Crippen LogP contribution in [0, 0.1) is 5.92 Å². The highest BCUT2D eigenvalue weighted by Crippen LogP contribution is 2.28. The van der Waals surface area contributed by atoms with Gasteiger partial charge in [0.2, 0.25) is 4.34 Å². The van der Waals surface area contributed by atoms with E-state index in [0.29, 0.717) is 33.8 Å². The van der Waals surface area contributed by atoms with Gasteiger partial charge in [0.25, 0.3) is 10.0 Å². The number of aliphatic hydroxyl groups is 1. The van der Waals surface area contributed by atoms with E-state index in [4.69, 9.17) is 24.5 Å². The number of benzene rings is 2. The van der Waals surface area contributed by atoms with Crippen LogP contribution in [0.15, 0.2) is 53.0 Å². The van der Waals surface area contributed by atoms with Crippen LogP contribution in [0.1, 0.15) is 17.7 Å². The lowest BCUT2D eigenvalue weighted by molar-refractivity contribution is -0.147. The monoisotopic (exact) mass is 589 g/mol. The smallest absolute Gasteiger partial charge is 0.309 e. The summed E-state index contributed by atoms with van der Waals surface area (Å²) in [5.74, 6) is -0.330. The number of aliphatic hydroxyl groups excluding tert-OH is 1. The predicted octanol–water partition coefficient (Wildman–Crippen LogP) is 1.48. The zero-order valence-corrected chi connectivity index (χ0v) is 23.1. The highest BCUT2D eigenvalue weighted by atomic mass is 32.2. The topological polar surface area (TPSA) is 186 Å². The van der Waals surface area contributed by atoms with Crippen LogP contribution < -0.4 is 14.6 Å². The Hall–Kier alpha value is -3.92. The number of thiazole rings is 1. The van der Waals surface area contributed by atoms with E-state index in [2.05, 4.69) is 15.3 Å². The number of hydrogen-bond acceptors (Lipinski definition) is 12. The van der Waals surface area contributed by atoms with Crippen LogP contribution in [0.4, 0.5) is 0 Å². The Morgan fingerprint density at radius 3 is 2.58 bits per heavy atom. The fraction of sp³-hybridized carbons (Fsp3) is 0.320. The molecular weight excluding hydrogens is 562 g/mol. The first-order chi connectivity index (χ1) is 19.1. The second-order valence-corrected chi connectivity index (χ2v) is 11.5. The van der Waals surface area contributed by atoms with Gasteiger partial charge in [-0.2, -0.15) is 0 Å². The van der Waals surface area contributed by atoms with Crippen molar-refractivity contribution in [3.8, 4) is 11.5 Å². The summed E-state index contributed by atoms with van der Waals surface area (Å²) in [4.78, 5) is 29.1. The summed E-state index contributed by atoms with van der Waals surface area (Å²) in [6.45, 7) is 0.0625. The zero-order chi connectivity index (χ0) is 28.7. The van der Waals surface area contributed by atoms with Gasteiger partial charge in [-0.1, -0.05) is 17.3 Å². The highest BCUT2D eigenvalue weighted by molar-refractivity contribution is 7.91. The second-order valence-electron chi connectivity index (χ2n) is 8.73. The Kier molecular flexibility index (Phi) is 9.42. The molecule has 15 heteroatoms. The Labute approximate surface area is 233 Å². The number of nitrogens with zero attached hydrogens (tertiary/aromatic N) is 4. The van der Waals surface area contributed by atoms with Crippen molar-refractivity contribution >= 4 is 43.3 Å². The van der Waals surface area contributed by atoms with Crippen molar-refractivity contribution in [2.24, 2.45) is 11.1 Å². The molecule has 0 radical (unpaired) electrons. The van der Waals surface area contributed by atoms with E-state index in [1.54, 1.807) is 48.7 Å². The number of ketones is 1. The maximum Gasteiger partial charge on any atom is 0.309 e. The first-order valence-electron chi connectivity index (χ1n) is 12.0. The summed E-state index contributed by atoms with van der Waals surface area (Å²) in [7, 11) is -2.62. The lowest BCUT2D eigenvalue weighted by atomic mass is 9.94. The van der Waals surface area contributed by atoms with Gasteiger partial charge >= 0.3 is 5.97 Å². The van der Waals surface area contributed by atoms with Gasteiger partial charge < -0.3 is 19.3 Å². The van der Waals surface area contributed by atoms with Crippen LogP contribution in [-0.4, -0.2) is 65.6 Å². The number of sulfonamides is 1. The molecule has 1 atom stereocenters. The third kappa shape index (κ3) is 7.81. The first-order valence-corrected chi connectivity index (χ1v) is 14.4. The van der Waals surface area contributed by atoms with Gasteiger partial charge in [-0.15, -0.1) is 16.4 Å². The fourth-order valence-electron chi connectivity index (χ4n) is 3.83. The number of ether oxygens (including phenoxy) is 3. The summed E-state index contributed by atoms with van der Waals surface area (Å²) in [5, 5.41) is 22.0. The van der Waals surface area contributed by atoms with E-state index in [0.717, 1.165) is 16.9 Å². The largest absolute Gasteiger partial charge is 0.491 e. The van der Waals surface area contributed by atoms with Crippen molar-refractivity contribution in [3.63, 3.8) is 0 Å². The number of carbonyl (C=O) groups excluding carboxylic acids is 2. The quantitative estimate of drug-likeness (QED) is 0.203. The average Bonchev–Trinajstić information content (AvgIpc) is 3.57. The van der Waals surface area contributed by atoms with Crippen molar-refractivity contribution in [1.82, 2.24) is 20.0 Å². The van der Waals surface area contributed by atoms with Crippen molar-refractivity contribution in [2.45, 2.75) is 30.3 Å². The third-order valence-corrected chi connectivity index (χ3v) is 8.01. The van der Waals surface area contributed by atoms with Gasteiger partial charge in [-0.3, -0.25) is 9.59 Å². The minimum absolute atomic E-state index is 0.0451. The van der Waals surface area contributed by atoms with E-state index in [9.17, 15) is 18.0 Å². The lowest BCUT2D eigenvalue weighted by Crippen LogP contribution is -2.24. The SMILES string of the molecule is COC(=O)[C@@H](CC(=O)Cn1cc(COc2ccc3nc(S(N)(=O)=O)sc3c2)nn1)Cc1ccc(OCCO)cc1. The normalized spacial score (nSPS) is 12.3. The molecule has 0 fully saturated rings. The number of methoxy groups -OCH3 is 1. The minimum Gasteiger partial charge on any atom is -0.491 e. The van der Waals surface area contributed by atoms with E-state index in [-0.39, 0.29) is 42.9 Å². The Bertz CT molecular complexity index is 1580. The minimum atomic E-state index is -3.89. The molecule has 2 aromatic heterocycles. The van der Waals surface area contributed by atoms with Crippen molar-refractivity contribution in [1.29, 1.82) is 0 Å². The van der Waals surface area contributed by atoms with Crippen LogP contribution in [-0.2, 0) is 43.9 Å². The molecule has 0 aliphatic rings. The van der Waals surface area contributed by atoms with E-state index >= 15 is 0 Å². The molecule has 3 N–H and O–H groups in total. The molecule has 2 aromatic carbocycles. The molecule has 0 aliphatic carbocycles. The predicted molar refractivity (Wildman–Crippen MR) is 143 cm³/mol. The molecule has 0 aliphatic heterocycles. The molecule has 40 heavy (non-hydrogen) atoms. The number of nitrogens with two attached hydrogens (primary N) is 1. The van der Waals surface area contributed by atoms with Crippen LogP contribution in [0.3, 0.4) is 0 Å². The Balaban J connectivity index is 1.32. The van der Waals surface area contributed by atoms with Crippen molar-refractivity contribution < 1.29 is 37.3 Å². The van der Waals surface area contributed by atoms with Gasteiger partial charge in [0.05, 0.1) is 36.0 Å². The molecule has 0 saturated heterocycles. The molecule has 0 bridgehead atoms. The third-order valence-electron chi connectivity index (χ3n) is 5.67. The van der Waals surface area contributed by atoms with Gasteiger partial charge in [0.15, 0.2) is 5.78 Å². The first kappa shape index (κ1) is 29.1. The number of rotatable bonds is 14. The Morgan fingerprint density at radius 2 is 1.88 bits per heavy atom. The lowest BCUT2D eigenvalue weighted by Gasteiger charge is -2.14. The molecule has 4 aromatic rings. The molecule has 2 heterocycles. The molecule has 0 spiro atoms. The Morgan fingerprint density at radius 1 is 1.12 bits per heavy atom.